The van der Waals surface area contributed by atoms with E-state index in [0.29, 0.717) is 17.9 Å². The zero-order valence-corrected chi connectivity index (χ0v) is 11.4. The highest BCUT2D eigenvalue weighted by Gasteiger charge is 2.17. The molecule has 1 aliphatic rings. The van der Waals surface area contributed by atoms with E-state index in [2.05, 4.69) is 10.6 Å². The first kappa shape index (κ1) is 13.9. The average molecular weight is 262 g/mol. The third-order valence-corrected chi connectivity index (χ3v) is 3.34. The second-order valence-electron chi connectivity index (χ2n) is 4.78. The maximum Gasteiger partial charge on any atom is 0.255 e. The summed E-state index contributed by atoms with van der Waals surface area (Å²) in [6.07, 6.45) is 3.14. The van der Waals surface area contributed by atoms with Crippen LogP contribution in [0.4, 0.5) is 0 Å². The molecule has 1 aromatic carbocycles. The third kappa shape index (κ3) is 3.96. The lowest BCUT2D eigenvalue weighted by Crippen LogP contribution is -2.35. The Morgan fingerprint density at radius 3 is 3.05 bits per heavy atom. The topological polar surface area (TPSA) is 50.4 Å². The molecule has 0 saturated carbocycles. The Morgan fingerprint density at radius 1 is 1.37 bits per heavy atom. The van der Waals surface area contributed by atoms with E-state index in [1.54, 1.807) is 0 Å². The van der Waals surface area contributed by atoms with Gasteiger partial charge in [0.15, 0.2) is 0 Å². The summed E-state index contributed by atoms with van der Waals surface area (Å²) in [5.74, 6) is 0.630. The second kappa shape index (κ2) is 7.14. The van der Waals surface area contributed by atoms with Crippen molar-refractivity contribution in [3.05, 3.63) is 29.8 Å². The quantitative estimate of drug-likeness (QED) is 0.872. The van der Waals surface area contributed by atoms with Crippen LogP contribution in [0.1, 0.15) is 36.5 Å². The number of hydrogen-bond acceptors (Lipinski definition) is 3. The number of benzene rings is 1. The summed E-state index contributed by atoms with van der Waals surface area (Å²) in [4.78, 5) is 12.3. The van der Waals surface area contributed by atoms with Gasteiger partial charge in [-0.15, -0.1) is 0 Å². The molecule has 1 fully saturated rings. The smallest absolute Gasteiger partial charge is 0.255 e. The van der Waals surface area contributed by atoms with Gasteiger partial charge in [0.05, 0.1) is 12.2 Å². The number of amides is 1. The molecule has 19 heavy (non-hydrogen) atoms. The molecule has 1 saturated heterocycles. The first-order valence-corrected chi connectivity index (χ1v) is 7.04. The van der Waals surface area contributed by atoms with Crippen molar-refractivity contribution in [2.45, 2.75) is 32.2 Å². The lowest BCUT2D eigenvalue weighted by molar-refractivity contribution is 0.0930. The van der Waals surface area contributed by atoms with E-state index in [9.17, 15) is 4.79 Å². The summed E-state index contributed by atoms with van der Waals surface area (Å²) in [7, 11) is 0. The van der Waals surface area contributed by atoms with Crippen molar-refractivity contribution in [2.75, 3.05) is 19.7 Å². The van der Waals surface area contributed by atoms with Gasteiger partial charge in [0.25, 0.3) is 5.91 Å². The van der Waals surface area contributed by atoms with Gasteiger partial charge in [-0.05, 0) is 51.4 Å². The molecule has 1 unspecified atom stereocenters. The minimum Gasteiger partial charge on any atom is -0.493 e. The first-order chi connectivity index (χ1) is 9.31. The lowest BCUT2D eigenvalue weighted by Gasteiger charge is -2.17. The Morgan fingerprint density at radius 2 is 2.21 bits per heavy atom. The van der Waals surface area contributed by atoms with Crippen LogP contribution in [0.25, 0.3) is 0 Å². The number of carbonyl (C=O) groups excluding carboxylic acids is 1. The Balaban J connectivity index is 2.02. The fraction of sp³-hybridized carbons (Fsp3) is 0.533. The molecule has 0 aromatic heterocycles. The van der Waals surface area contributed by atoms with Gasteiger partial charge in [0, 0.05) is 6.04 Å². The molecule has 0 bridgehead atoms. The fourth-order valence-electron chi connectivity index (χ4n) is 2.36. The number of hydrogen-bond donors (Lipinski definition) is 2. The standard InChI is InChI=1S/C15H22N2O2/c1-2-19-14-8-4-3-7-13(14)15(18)17-12-6-5-10-16-11-9-12/h3-4,7-8,12,16H,2,5-6,9-11H2,1H3,(H,17,18). The molecular formula is C15H22N2O2. The predicted molar refractivity (Wildman–Crippen MR) is 75.6 cm³/mol. The summed E-state index contributed by atoms with van der Waals surface area (Å²) < 4.78 is 5.50. The van der Waals surface area contributed by atoms with Crippen LogP contribution in [-0.2, 0) is 0 Å². The van der Waals surface area contributed by atoms with Crippen molar-refractivity contribution in [1.29, 1.82) is 0 Å². The molecule has 1 heterocycles. The van der Waals surface area contributed by atoms with Crippen molar-refractivity contribution < 1.29 is 9.53 Å². The summed E-state index contributed by atoms with van der Waals surface area (Å²) in [5, 5.41) is 6.46. The molecule has 1 atom stereocenters. The molecule has 0 radical (unpaired) electrons. The van der Waals surface area contributed by atoms with Gasteiger partial charge >= 0.3 is 0 Å². The monoisotopic (exact) mass is 262 g/mol. The normalized spacial score (nSPS) is 19.5. The Hall–Kier alpha value is -1.55. The van der Waals surface area contributed by atoms with Crippen LogP contribution < -0.4 is 15.4 Å². The number of para-hydroxylation sites is 1. The van der Waals surface area contributed by atoms with Gasteiger partial charge in [0.1, 0.15) is 5.75 Å². The van der Waals surface area contributed by atoms with Gasteiger partial charge in [-0.25, -0.2) is 0 Å². The first-order valence-electron chi connectivity index (χ1n) is 7.04. The van der Waals surface area contributed by atoms with Gasteiger partial charge < -0.3 is 15.4 Å². The van der Waals surface area contributed by atoms with E-state index in [1.165, 1.54) is 0 Å². The maximum atomic E-state index is 12.3. The Kier molecular flexibility index (Phi) is 5.21. The molecule has 1 amide bonds. The van der Waals surface area contributed by atoms with Crippen molar-refractivity contribution >= 4 is 5.91 Å². The predicted octanol–water partition coefficient (Wildman–Crippen LogP) is 1.96. The zero-order valence-electron chi connectivity index (χ0n) is 11.4. The Bertz CT molecular complexity index is 412. The molecule has 104 valence electrons. The highest BCUT2D eigenvalue weighted by molar-refractivity contribution is 5.97. The second-order valence-corrected chi connectivity index (χ2v) is 4.78. The minimum atomic E-state index is -0.0315. The van der Waals surface area contributed by atoms with Gasteiger partial charge in [-0.2, -0.15) is 0 Å². The van der Waals surface area contributed by atoms with Crippen molar-refractivity contribution in [2.24, 2.45) is 0 Å². The van der Waals surface area contributed by atoms with Crippen molar-refractivity contribution in [3.63, 3.8) is 0 Å². The Labute approximate surface area is 114 Å². The van der Waals surface area contributed by atoms with Gasteiger partial charge in [-0.1, -0.05) is 12.1 Å². The third-order valence-electron chi connectivity index (χ3n) is 3.34. The van der Waals surface area contributed by atoms with E-state index in [4.69, 9.17) is 4.74 Å². The molecule has 0 spiro atoms. The zero-order chi connectivity index (χ0) is 13.5. The lowest BCUT2D eigenvalue weighted by atomic mass is 10.1. The number of ether oxygens (including phenoxy) is 1. The van der Waals surface area contributed by atoms with E-state index >= 15 is 0 Å². The molecular weight excluding hydrogens is 240 g/mol. The van der Waals surface area contributed by atoms with Crippen LogP contribution >= 0.6 is 0 Å². The summed E-state index contributed by atoms with van der Waals surface area (Å²) in [6.45, 7) is 4.50. The molecule has 0 aliphatic carbocycles. The van der Waals surface area contributed by atoms with E-state index in [0.717, 1.165) is 32.4 Å². The SMILES string of the molecule is CCOc1ccccc1C(=O)NC1CCCNCC1. The van der Waals surface area contributed by atoms with Crippen LogP contribution in [0.3, 0.4) is 0 Å². The van der Waals surface area contributed by atoms with Crippen LogP contribution in [-0.4, -0.2) is 31.6 Å². The van der Waals surface area contributed by atoms with Crippen molar-refractivity contribution in [3.8, 4) is 5.75 Å². The fourth-order valence-corrected chi connectivity index (χ4v) is 2.36. The van der Waals surface area contributed by atoms with E-state index in [1.807, 2.05) is 31.2 Å². The maximum absolute atomic E-state index is 12.3. The van der Waals surface area contributed by atoms with E-state index < -0.39 is 0 Å². The molecule has 1 aromatic rings. The average Bonchev–Trinajstić information content (AvgIpc) is 2.68. The van der Waals surface area contributed by atoms with Gasteiger partial charge in [-0.3, -0.25) is 4.79 Å². The van der Waals surface area contributed by atoms with Crippen LogP contribution in [0.5, 0.6) is 5.75 Å². The summed E-state index contributed by atoms with van der Waals surface area (Å²) in [6, 6.07) is 7.67. The van der Waals surface area contributed by atoms with Gasteiger partial charge in [0.2, 0.25) is 0 Å². The molecule has 2 N–H and O–H groups in total. The number of rotatable bonds is 4. The largest absolute Gasteiger partial charge is 0.493 e. The summed E-state index contributed by atoms with van der Waals surface area (Å²) in [5.41, 5.74) is 0.626. The van der Waals surface area contributed by atoms with E-state index in [-0.39, 0.29) is 11.9 Å². The molecule has 1 aliphatic heterocycles. The minimum absolute atomic E-state index is 0.0315. The molecule has 4 heteroatoms. The molecule has 2 rings (SSSR count). The van der Waals surface area contributed by atoms with Crippen molar-refractivity contribution in [1.82, 2.24) is 10.6 Å². The molecule has 4 nitrogen and oxygen atoms in total. The van der Waals surface area contributed by atoms with Crippen LogP contribution in [0.15, 0.2) is 24.3 Å². The summed E-state index contributed by atoms with van der Waals surface area (Å²) >= 11 is 0. The highest BCUT2D eigenvalue weighted by Crippen LogP contribution is 2.18. The van der Waals surface area contributed by atoms with Crippen LogP contribution in [0.2, 0.25) is 0 Å². The number of nitrogens with one attached hydrogen (secondary N) is 2. The highest BCUT2D eigenvalue weighted by atomic mass is 16.5. The number of carbonyl (C=O) groups is 1. The van der Waals surface area contributed by atoms with Crippen LogP contribution in [0, 0.1) is 0 Å².